The lowest BCUT2D eigenvalue weighted by Gasteiger charge is -2.36. The number of aryl methyl sites for hydroxylation is 1. The van der Waals surface area contributed by atoms with Crippen LogP contribution in [0.3, 0.4) is 0 Å². The molecule has 5 nitrogen and oxygen atoms in total. The SMILES string of the molecule is CCNC(=NCC1CCN(Cc2ccc(C)cc2)CC1)NC1CCN(C2CCCC2)CC1.I. The topological polar surface area (TPSA) is 42.9 Å². The first kappa shape index (κ1) is 26.7. The summed E-state index contributed by atoms with van der Waals surface area (Å²) in [6.07, 6.45) is 10.7. The summed E-state index contributed by atoms with van der Waals surface area (Å²) in [6.45, 7) is 12.2. The fourth-order valence-corrected chi connectivity index (χ4v) is 5.69. The lowest BCUT2D eigenvalue weighted by molar-refractivity contribution is 0.150. The van der Waals surface area contributed by atoms with Crippen molar-refractivity contribution in [2.45, 2.75) is 83.8 Å². The number of piperidine rings is 2. The van der Waals surface area contributed by atoms with Crippen molar-refractivity contribution in [2.75, 3.05) is 39.3 Å². The highest BCUT2D eigenvalue weighted by Crippen LogP contribution is 2.26. The van der Waals surface area contributed by atoms with Gasteiger partial charge in [-0.1, -0.05) is 42.7 Å². The second-order valence-electron chi connectivity index (χ2n) is 10.3. The van der Waals surface area contributed by atoms with Crippen molar-refractivity contribution in [3.05, 3.63) is 35.4 Å². The number of rotatable bonds is 7. The van der Waals surface area contributed by atoms with Crippen molar-refractivity contribution in [3.8, 4) is 0 Å². The van der Waals surface area contributed by atoms with E-state index in [1.54, 1.807) is 0 Å². The maximum absolute atomic E-state index is 5.01. The van der Waals surface area contributed by atoms with E-state index in [1.165, 1.54) is 88.7 Å². The van der Waals surface area contributed by atoms with E-state index in [2.05, 4.69) is 58.5 Å². The van der Waals surface area contributed by atoms with Gasteiger partial charge in [-0.2, -0.15) is 0 Å². The largest absolute Gasteiger partial charge is 0.357 e. The Morgan fingerprint density at radius 3 is 2.24 bits per heavy atom. The number of nitrogens with one attached hydrogen (secondary N) is 2. The second kappa shape index (κ2) is 13.9. The van der Waals surface area contributed by atoms with Crippen molar-refractivity contribution in [1.29, 1.82) is 0 Å². The molecule has 4 rings (SSSR count). The molecule has 0 radical (unpaired) electrons. The molecule has 3 aliphatic rings. The van der Waals surface area contributed by atoms with Gasteiger partial charge in [0.15, 0.2) is 5.96 Å². The molecule has 33 heavy (non-hydrogen) atoms. The van der Waals surface area contributed by atoms with Crippen LogP contribution in [0.15, 0.2) is 29.3 Å². The Labute approximate surface area is 219 Å². The lowest BCUT2D eigenvalue weighted by Crippen LogP contribution is -2.50. The number of likely N-dealkylation sites (tertiary alicyclic amines) is 2. The molecular weight excluding hydrogens is 521 g/mol. The highest BCUT2D eigenvalue weighted by molar-refractivity contribution is 14.0. The van der Waals surface area contributed by atoms with Gasteiger partial charge in [0.1, 0.15) is 0 Å². The molecule has 0 bridgehead atoms. The van der Waals surface area contributed by atoms with Crippen LogP contribution in [0.2, 0.25) is 0 Å². The molecule has 0 amide bonds. The summed E-state index contributed by atoms with van der Waals surface area (Å²) in [5.74, 6) is 1.75. The highest BCUT2D eigenvalue weighted by Gasteiger charge is 2.27. The number of hydrogen-bond acceptors (Lipinski definition) is 3. The average Bonchev–Trinajstić information content (AvgIpc) is 3.36. The van der Waals surface area contributed by atoms with Crippen molar-refractivity contribution < 1.29 is 0 Å². The molecule has 0 spiro atoms. The molecule has 6 heteroatoms. The summed E-state index contributed by atoms with van der Waals surface area (Å²) in [7, 11) is 0. The predicted octanol–water partition coefficient (Wildman–Crippen LogP) is 4.79. The third kappa shape index (κ3) is 8.39. The van der Waals surface area contributed by atoms with Gasteiger partial charge in [-0.3, -0.25) is 9.89 Å². The minimum Gasteiger partial charge on any atom is -0.357 e. The fourth-order valence-electron chi connectivity index (χ4n) is 5.69. The zero-order chi connectivity index (χ0) is 22.2. The number of benzene rings is 1. The third-order valence-corrected chi connectivity index (χ3v) is 7.80. The molecule has 1 aromatic carbocycles. The monoisotopic (exact) mass is 567 g/mol. The summed E-state index contributed by atoms with van der Waals surface area (Å²) in [4.78, 5) is 10.4. The van der Waals surface area contributed by atoms with Crippen molar-refractivity contribution in [3.63, 3.8) is 0 Å². The Balaban J connectivity index is 0.00000306. The number of nitrogens with zero attached hydrogens (tertiary/aromatic N) is 3. The predicted molar refractivity (Wildman–Crippen MR) is 151 cm³/mol. The molecule has 1 saturated carbocycles. The maximum atomic E-state index is 5.01. The number of halogens is 1. The number of guanidine groups is 1. The molecule has 1 aromatic rings. The van der Waals surface area contributed by atoms with Crippen LogP contribution in [0.1, 0.15) is 69.4 Å². The van der Waals surface area contributed by atoms with Crippen molar-refractivity contribution in [1.82, 2.24) is 20.4 Å². The molecule has 2 N–H and O–H groups in total. The third-order valence-electron chi connectivity index (χ3n) is 7.80. The van der Waals surface area contributed by atoms with Gasteiger partial charge in [0.2, 0.25) is 0 Å². The minimum absolute atomic E-state index is 0. The van der Waals surface area contributed by atoms with Gasteiger partial charge in [0, 0.05) is 44.8 Å². The van der Waals surface area contributed by atoms with Crippen LogP contribution in [-0.4, -0.2) is 67.1 Å². The van der Waals surface area contributed by atoms with Crippen LogP contribution in [0.4, 0.5) is 0 Å². The standard InChI is InChI=1S/C27H45N5.HI/c1-3-28-27(30-25-14-18-32(19-15-25)26-6-4-5-7-26)29-20-23-12-16-31(17-13-23)21-24-10-8-22(2)9-11-24;/h8-11,23,25-26H,3-7,12-21H2,1-2H3,(H2,28,29,30);1H. The zero-order valence-electron chi connectivity index (χ0n) is 20.9. The van der Waals surface area contributed by atoms with E-state index < -0.39 is 0 Å². The van der Waals surface area contributed by atoms with E-state index in [-0.39, 0.29) is 24.0 Å². The van der Waals surface area contributed by atoms with E-state index in [4.69, 9.17) is 4.99 Å². The van der Waals surface area contributed by atoms with E-state index in [0.717, 1.165) is 31.6 Å². The molecule has 2 aliphatic heterocycles. The molecule has 0 unspecified atom stereocenters. The normalized spacial score (nSPS) is 22.3. The number of hydrogen-bond donors (Lipinski definition) is 2. The van der Waals surface area contributed by atoms with Gasteiger partial charge in [0.05, 0.1) is 0 Å². The Hall–Kier alpha value is -0.860. The van der Waals surface area contributed by atoms with Crippen LogP contribution in [-0.2, 0) is 6.54 Å². The van der Waals surface area contributed by atoms with Crippen LogP contribution in [0, 0.1) is 12.8 Å². The first-order valence-corrected chi connectivity index (χ1v) is 13.3. The quantitative estimate of drug-likeness (QED) is 0.283. The summed E-state index contributed by atoms with van der Waals surface area (Å²) in [5.41, 5.74) is 2.78. The first-order valence-electron chi connectivity index (χ1n) is 13.3. The maximum Gasteiger partial charge on any atom is 0.191 e. The van der Waals surface area contributed by atoms with Crippen LogP contribution >= 0.6 is 24.0 Å². The first-order chi connectivity index (χ1) is 15.7. The van der Waals surface area contributed by atoms with Crippen LogP contribution in [0.25, 0.3) is 0 Å². The second-order valence-corrected chi connectivity index (χ2v) is 10.3. The van der Waals surface area contributed by atoms with E-state index in [9.17, 15) is 0 Å². The molecular formula is C27H46IN5. The zero-order valence-corrected chi connectivity index (χ0v) is 23.2. The summed E-state index contributed by atoms with van der Waals surface area (Å²) >= 11 is 0. The average molecular weight is 568 g/mol. The van der Waals surface area contributed by atoms with Crippen molar-refractivity contribution >= 4 is 29.9 Å². The molecule has 186 valence electrons. The van der Waals surface area contributed by atoms with Gasteiger partial charge in [-0.05, 0) is 76.9 Å². The van der Waals surface area contributed by atoms with Crippen LogP contribution in [0.5, 0.6) is 0 Å². The van der Waals surface area contributed by atoms with E-state index >= 15 is 0 Å². The van der Waals surface area contributed by atoms with Gasteiger partial charge in [0.25, 0.3) is 0 Å². The minimum atomic E-state index is 0. The smallest absolute Gasteiger partial charge is 0.191 e. The molecule has 3 fully saturated rings. The molecule has 1 aliphatic carbocycles. The van der Waals surface area contributed by atoms with Gasteiger partial charge < -0.3 is 15.5 Å². The fraction of sp³-hybridized carbons (Fsp3) is 0.741. The number of aliphatic imine (C=N–C) groups is 1. The Morgan fingerprint density at radius 1 is 0.939 bits per heavy atom. The molecule has 0 aromatic heterocycles. The lowest BCUT2D eigenvalue weighted by atomic mass is 9.96. The molecule has 2 heterocycles. The summed E-state index contributed by atoms with van der Waals surface area (Å²) in [6, 6.07) is 10.4. The van der Waals surface area contributed by atoms with Crippen molar-refractivity contribution in [2.24, 2.45) is 10.9 Å². The molecule has 2 saturated heterocycles. The van der Waals surface area contributed by atoms with Gasteiger partial charge >= 0.3 is 0 Å². The van der Waals surface area contributed by atoms with Gasteiger partial charge in [-0.25, -0.2) is 0 Å². The Morgan fingerprint density at radius 2 is 1.61 bits per heavy atom. The summed E-state index contributed by atoms with van der Waals surface area (Å²) < 4.78 is 0. The highest BCUT2D eigenvalue weighted by atomic mass is 127. The van der Waals surface area contributed by atoms with Crippen LogP contribution < -0.4 is 10.6 Å². The Kier molecular flexibility index (Phi) is 11.2. The van der Waals surface area contributed by atoms with E-state index in [0.29, 0.717) is 12.0 Å². The van der Waals surface area contributed by atoms with E-state index in [1.807, 2.05) is 0 Å². The van der Waals surface area contributed by atoms with Gasteiger partial charge in [-0.15, -0.1) is 24.0 Å². The molecule has 0 atom stereocenters. The Bertz CT molecular complexity index is 700. The summed E-state index contributed by atoms with van der Waals surface area (Å²) in [5, 5.41) is 7.25.